The maximum Gasteiger partial charge on any atom is 0.336 e. The van der Waals surface area contributed by atoms with Gasteiger partial charge in [-0.25, -0.2) is 18.9 Å². The number of amides is 2. The molecular weight excluding hydrogens is 421 g/mol. The summed E-state index contributed by atoms with van der Waals surface area (Å²) < 4.78 is 25.6. The number of hydrogen-bond acceptors (Lipinski definition) is 6. The second-order valence-electron chi connectivity index (χ2n) is 6.75. The molecular formula is C21H22FN5O3S. The van der Waals surface area contributed by atoms with Crippen LogP contribution in [0, 0.1) is 5.82 Å². The van der Waals surface area contributed by atoms with Crippen LogP contribution in [0.3, 0.4) is 0 Å². The maximum atomic E-state index is 13.1. The molecule has 1 N–H and O–H groups in total. The summed E-state index contributed by atoms with van der Waals surface area (Å²) in [4.78, 5) is 12.8. The molecule has 0 aliphatic carbocycles. The van der Waals surface area contributed by atoms with Gasteiger partial charge in [-0.1, -0.05) is 23.9 Å². The summed E-state index contributed by atoms with van der Waals surface area (Å²) >= 11 is 1.53. The van der Waals surface area contributed by atoms with Gasteiger partial charge in [-0.2, -0.15) is 0 Å². The molecule has 0 radical (unpaired) electrons. The second kappa shape index (κ2) is 9.69. The van der Waals surface area contributed by atoms with Crippen LogP contribution in [0.25, 0.3) is 0 Å². The number of hydrogen-bond donors (Lipinski definition) is 1. The lowest BCUT2D eigenvalue weighted by molar-refractivity contribution is 0.237. The quantitative estimate of drug-likeness (QED) is 0.605. The minimum absolute atomic E-state index is 0.106. The largest absolute Gasteiger partial charge is 0.497 e. The zero-order valence-corrected chi connectivity index (χ0v) is 17.8. The molecule has 1 aliphatic heterocycles. The van der Waals surface area contributed by atoms with E-state index in [0.717, 1.165) is 17.1 Å². The van der Waals surface area contributed by atoms with Crippen molar-refractivity contribution in [3.05, 3.63) is 65.7 Å². The highest BCUT2D eigenvalue weighted by Gasteiger charge is 2.27. The van der Waals surface area contributed by atoms with Crippen molar-refractivity contribution in [2.45, 2.75) is 18.2 Å². The molecule has 3 aromatic rings. The van der Waals surface area contributed by atoms with Gasteiger partial charge in [0, 0.05) is 12.3 Å². The van der Waals surface area contributed by atoms with Crippen LogP contribution in [0.1, 0.15) is 11.4 Å². The van der Waals surface area contributed by atoms with E-state index in [-0.39, 0.29) is 18.5 Å². The minimum atomic E-state index is -0.332. The van der Waals surface area contributed by atoms with E-state index in [1.165, 1.54) is 23.9 Å². The summed E-state index contributed by atoms with van der Waals surface area (Å²) in [6.07, 6.45) is 0.702. The third kappa shape index (κ3) is 5.08. The highest BCUT2D eigenvalue weighted by molar-refractivity contribution is 7.99. The highest BCUT2D eigenvalue weighted by Crippen LogP contribution is 2.23. The number of ether oxygens (including phenoxy) is 2. The molecule has 162 valence electrons. The number of aromatic nitrogens is 3. The zero-order chi connectivity index (χ0) is 21.6. The average Bonchev–Trinajstić information content (AvgIpc) is 3.22. The number of nitrogens with one attached hydrogen (secondary N) is 1. The van der Waals surface area contributed by atoms with Crippen molar-refractivity contribution in [1.82, 2.24) is 20.2 Å². The smallest absolute Gasteiger partial charge is 0.336 e. The molecule has 2 amide bonds. The van der Waals surface area contributed by atoms with E-state index in [4.69, 9.17) is 9.47 Å². The molecule has 8 nitrogen and oxygen atoms in total. The number of urea groups is 1. The Morgan fingerprint density at radius 1 is 1.13 bits per heavy atom. The van der Waals surface area contributed by atoms with Gasteiger partial charge in [-0.05, 0) is 48.4 Å². The van der Waals surface area contributed by atoms with Crippen molar-refractivity contribution >= 4 is 17.8 Å². The van der Waals surface area contributed by atoms with E-state index >= 15 is 0 Å². The van der Waals surface area contributed by atoms with Crippen LogP contribution < -0.4 is 19.8 Å². The van der Waals surface area contributed by atoms with Gasteiger partial charge in [-0.3, -0.25) is 0 Å². The first kappa shape index (κ1) is 21.0. The van der Waals surface area contributed by atoms with Crippen LogP contribution in [0.15, 0.2) is 53.7 Å². The van der Waals surface area contributed by atoms with Gasteiger partial charge in [0.15, 0.2) is 5.82 Å². The van der Waals surface area contributed by atoms with E-state index in [1.807, 2.05) is 24.3 Å². The third-order valence-electron chi connectivity index (χ3n) is 4.72. The van der Waals surface area contributed by atoms with Crippen LogP contribution in [0.2, 0.25) is 0 Å². The molecule has 0 fully saturated rings. The van der Waals surface area contributed by atoms with Crippen LogP contribution in [-0.4, -0.2) is 46.9 Å². The van der Waals surface area contributed by atoms with E-state index < -0.39 is 0 Å². The van der Waals surface area contributed by atoms with Crippen molar-refractivity contribution in [2.75, 3.05) is 31.0 Å². The Kier molecular flexibility index (Phi) is 6.56. The molecule has 0 bridgehead atoms. The molecule has 1 aliphatic rings. The molecule has 4 rings (SSSR count). The van der Waals surface area contributed by atoms with Crippen LogP contribution in [0.5, 0.6) is 11.5 Å². The molecule has 0 unspecified atom stereocenters. The standard InChI is InChI=1S/C21H22FN5O3S/c1-29-17-6-2-15(3-7-17)10-11-23-20(28)26-12-13-31-21-25-24-19(27(21)26)14-30-18-8-4-16(22)5-9-18/h2-9H,10-14H2,1H3,(H,23,28). The fourth-order valence-electron chi connectivity index (χ4n) is 3.11. The molecule has 0 atom stereocenters. The molecule has 0 spiro atoms. The van der Waals surface area contributed by atoms with Gasteiger partial charge in [0.25, 0.3) is 0 Å². The third-order valence-corrected chi connectivity index (χ3v) is 5.62. The fraction of sp³-hybridized carbons (Fsp3) is 0.286. The minimum Gasteiger partial charge on any atom is -0.497 e. The Morgan fingerprint density at radius 2 is 1.87 bits per heavy atom. The van der Waals surface area contributed by atoms with Gasteiger partial charge in [0.05, 0.1) is 13.7 Å². The Hall–Kier alpha value is -3.27. The summed E-state index contributed by atoms with van der Waals surface area (Å²) in [6.45, 7) is 1.12. The van der Waals surface area contributed by atoms with Crippen molar-refractivity contribution in [2.24, 2.45) is 0 Å². The van der Waals surface area contributed by atoms with Crippen molar-refractivity contribution in [3.63, 3.8) is 0 Å². The summed E-state index contributed by atoms with van der Waals surface area (Å²) in [5.74, 6) is 2.20. The van der Waals surface area contributed by atoms with E-state index in [9.17, 15) is 9.18 Å². The second-order valence-corrected chi connectivity index (χ2v) is 7.82. The number of halogens is 1. The van der Waals surface area contributed by atoms with Crippen molar-refractivity contribution < 1.29 is 18.7 Å². The number of rotatable bonds is 7. The van der Waals surface area contributed by atoms with Gasteiger partial charge >= 0.3 is 6.03 Å². The first-order valence-electron chi connectivity index (χ1n) is 9.78. The van der Waals surface area contributed by atoms with Crippen LogP contribution >= 0.6 is 11.8 Å². The Labute approximate surface area is 183 Å². The van der Waals surface area contributed by atoms with Gasteiger partial charge in [-0.15, -0.1) is 10.2 Å². The van der Waals surface area contributed by atoms with Crippen LogP contribution in [-0.2, 0) is 13.0 Å². The number of carbonyl (C=O) groups excluding carboxylic acids is 1. The van der Waals surface area contributed by atoms with Crippen molar-refractivity contribution in [3.8, 4) is 11.5 Å². The van der Waals surface area contributed by atoms with E-state index in [1.54, 1.807) is 28.9 Å². The molecule has 31 heavy (non-hydrogen) atoms. The number of benzene rings is 2. The van der Waals surface area contributed by atoms with Crippen molar-refractivity contribution in [1.29, 1.82) is 0 Å². The van der Waals surface area contributed by atoms with E-state index in [2.05, 4.69) is 15.5 Å². The van der Waals surface area contributed by atoms with Gasteiger partial charge in [0.1, 0.15) is 23.9 Å². The number of methoxy groups -OCH3 is 1. The number of carbonyl (C=O) groups is 1. The lowest BCUT2D eigenvalue weighted by Crippen LogP contribution is -2.51. The summed E-state index contributed by atoms with van der Waals surface area (Å²) in [7, 11) is 1.63. The average molecular weight is 444 g/mol. The predicted molar refractivity (Wildman–Crippen MR) is 115 cm³/mol. The monoisotopic (exact) mass is 443 g/mol. The van der Waals surface area contributed by atoms with Gasteiger partial charge in [0.2, 0.25) is 5.16 Å². The molecule has 2 aromatic carbocycles. The van der Waals surface area contributed by atoms with E-state index in [0.29, 0.717) is 36.2 Å². The topological polar surface area (TPSA) is 81.5 Å². The number of thioether (sulfide) groups is 1. The molecule has 0 saturated heterocycles. The van der Waals surface area contributed by atoms with Crippen LogP contribution in [0.4, 0.5) is 9.18 Å². The maximum absolute atomic E-state index is 13.1. The molecule has 2 heterocycles. The zero-order valence-electron chi connectivity index (χ0n) is 17.0. The fourth-order valence-corrected chi connectivity index (χ4v) is 3.98. The molecule has 0 saturated carbocycles. The summed E-state index contributed by atoms with van der Waals surface area (Å²) in [6, 6.07) is 13.3. The first-order valence-corrected chi connectivity index (χ1v) is 10.8. The normalized spacial score (nSPS) is 12.9. The summed E-state index contributed by atoms with van der Waals surface area (Å²) in [5.41, 5.74) is 1.11. The SMILES string of the molecule is COc1ccc(CCNC(=O)N2CCSc3nnc(COc4ccc(F)cc4)n32)cc1. The Morgan fingerprint density at radius 3 is 2.61 bits per heavy atom. The lowest BCUT2D eigenvalue weighted by Gasteiger charge is -2.29. The Bertz CT molecular complexity index is 1030. The predicted octanol–water partition coefficient (Wildman–Crippen LogP) is 3.00. The number of nitrogens with zero attached hydrogens (tertiary/aromatic N) is 4. The molecule has 10 heteroatoms. The molecule has 1 aromatic heterocycles. The lowest BCUT2D eigenvalue weighted by atomic mass is 10.1. The summed E-state index contributed by atoms with van der Waals surface area (Å²) in [5, 5.41) is 13.5. The van der Waals surface area contributed by atoms with Gasteiger partial charge < -0.3 is 14.8 Å². The highest BCUT2D eigenvalue weighted by atomic mass is 32.2. The number of fused-ring (bicyclic) bond motifs is 1. The Balaban J connectivity index is 1.37. The first-order chi connectivity index (χ1) is 15.1.